The van der Waals surface area contributed by atoms with Crippen LogP contribution in [0.1, 0.15) is 0 Å². The standard InChI is InChI=1S/C9H13FN2O5S2/c1-17-4-5-18(13,14)12-9-6-7(19(11,15)16)2-3-8(9)10/h2-3,6,12H,4-5H2,1H3,(H2,11,15,16). The van der Waals surface area contributed by atoms with Gasteiger partial charge in [0, 0.05) is 7.11 Å². The normalized spacial score (nSPS) is 12.4. The Bertz CT molecular complexity index is 657. The highest BCUT2D eigenvalue weighted by atomic mass is 32.2. The lowest BCUT2D eigenvalue weighted by Crippen LogP contribution is -2.21. The second kappa shape index (κ2) is 5.82. The van der Waals surface area contributed by atoms with Gasteiger partial charge in [-0.05, 0) is 18.2 Å². The van der Waals surface area contributed by atoms with E-state index in [2.05, 4.69) is 4.74 Å². The first-order valence-corrected chi connectivity index (χ1v) is 8.17. The fraction of sp³-hybridized carbons (Fsp3) is 0.333. The van der Waals surface area contributed by atoms with E-state index >= 15 is 0 Å². The minimum atomic E-state index is -4.04. The molecule has 0 aliphatic heterocycles. The maximum Gasteiger partial charge on any atom is 0.238 e. The third kappa shape index (κ3) is 4.74. The summed E-state index contributed by atoms with van der Waals surface area (Å²) in [5.41, 5.74) is -0.484. The van der Waals surface area contributed by atoms with Crippen molar-refractivity contribution in [3.05, 3.63) is 24.0 Å². The highest BCUT2D eigenvalue weighted by molar-refractivity contribution is 7.92. The number of sulfonamides is 2. The first-order chi connectivity index (χ1) is 8.65. The summed E-state index contributed by atoms with van der Waals surface area (Å²) in [6, 6.07) is 2.57. The molecule has 0 atom stereocenters. The Labute approximate surface area is 110 Å². The summed E-state index contributed by atoms with van der Waals surface area (Å²) in [5.74, 6) is -1.30. The summed E-state index contributed by atoms with van der Waals surface area (Å²) >= 11 is 0. The van der Waals surface area contributed by atoms with Crippen LogP contribution in [-0.2, 0) is 24.8 Å². The molecule has 1 aromatic rings. The predicted molar refractivity (Wildman–Crippen MR) is 67.1 cm³/mol. The second-order valence-electron chi connectivity index (χ2n) is 3.60. The zero-order valence-corrected chi connectivity index (χ0v) is 11.6. The molecule has 0 unspecified atom stereocenters. The van der Waals surface area contributed by atoms with Crippen LogP contribution >= 0.6 is 0 Å². The molecular weight excluding hydrogens is 299 g/mol. The van der Waals surface area contributed by atoms with Crippen LogP contribution in [0.5, 0.6) is 0 Å². The maximum atomic E-state index is 13.4. The predicted octanol–water partition coefficient (Wildman–Crippen LogP) is -0.139. The number of halogens is 1. The Balaban J connectivity index is 3.08. The zero-order chi connectivity index (χ0) is 14.7. The van der Waals surface area contributed by atoms with Crippen LogP contribution in [0.25, 0.3) is 0 Å². The van der Waals surface area contributed by atoms with Gasteiger partial charge in [0.05, 0.1) is 22.9 Å². The quantitative estimate of drug-likeness (QED) is 0.758. The molecule has 0 spiro atoms. The monoisotopic (exact) mass is 312 g/mol. The summed E-state index contributed by atoms with van der Waals surface area (Å²) in [7, 11) is -6.56. The number of hydrogen-bond acceptors (Lipinski definition) is 5. The number of nitrogens with two attached hydrogens (primary N) is 1. The first kappa shape index (κ1) is 15.8. The summed E-state index contributed by atoms with van der Waals surface area (Å²) in [6.07, 6.45) is 0. The van der Waals surface area contributed by atoms with Gasteiger partial charge >= 0.3 is 0 Å². The molecule has 19 heavy (non-hydrogen) atoms. The van der Waals surface area contributed by atoms with Crippen molar-refractivity contribution >= 4 is 25.7 Å². The summed E-state index contributed by atoms with van der Waals surface area (Å²) in [6.45, 7) is -0.0775. The van der Waals surface area contributed by atoms with Gasteiger partial charge in [-0.25, -0.2) is 26.4 Å². The molecular formula is C9H13FN2O5S2. The Morgan fingerprint density at radius 2 is 1.95 bits per heavy atom. The third-order valence-electron chi connectivity index (χ3n) is 2.09. The van der Waals surface area contributed by atoms with Crippen molar-refractivity contribution < 1.29 is 26.0 Å². The average molecular weight is 312 g/mol. The van der Waals surface area contributed by atoms with Crippen LogP contribution in [0.3, 0.4) is 0 Å². The number of nitrogens with one attached hydrogen (secondary N) is 1. The molecule has 1 rings (SSSR count). The van der Waals surface area contributed by atoms with Crippen molar-refractivity contribution in [1.29, 1.82) is 0 Å². The van der Waals surface area contributed by atoms with E-state index in [1.54, 1.807) is 0 Å². The Morgan fingerprint density at radius 1 is 1.32 bits per heavy atom. The smallest absolute Gasteiger partial charge is 0.238 e. The molecule has 108 valence electrons. The average Bonchev–Trinajstić information content (AvgIpc) is 2.28. The largest absolute Gasteiger partial charge is 0.384 e. The lowest BCUT2D eigenvalue weighted by Gasteiger charge is -2.09. The molecule has 0 aliphatic rings. The van der Waals surface area contributed by atoms with Crippen molar-refractivity contribution in [3.63, 3.8) is 0 Å². The van der Waals surface area contributed by atoms with E-state index in [-0.39, 0.29) is 12.4 Å². The number of anilines is 1. The molecule has 0 amide bonds. The van der Waals surface area contributed by atoms with Gasteiger partial charge in [0.1, 0.15) is 5.82 Å². The number of rotatable bonds is 6. The Morgan fingerprint density at radius 3 is 2.47 bits per heavy atom. The lowest BCUT2D eigenvalue weighted by atomic mass is 10.3. The van der Waals surface area contributed by atoms with Gasteiger partial charge in [0.25, 0.3) is 0 Å². The van der Waals surface area contributed by atoms with Crippen molar-refractivity contribution in [2.75, 3.05) is 24.2 Å². The molecule has 0 aromatic heterocycles. The number of hydrogen-bond donors (Lipinski definition) is 2. The number of methoxy groups -OCH3 is 1. The second-order valence-corrected chi connectivity index (χ2v) is 7.00. The summed E-state index contributed by atoms with van der Waals surface area (Å²) in [4.78, 5) is -0.390. The van der Waals surface area contributed by atoms with Gasteiger partial charge < -0.3 is 4.74 Å². The van der Waals surface area contributed by atoms with Crippen LogP contribution in [0.2, 0.25) is 0 Å². The molecule has 7 nitrogen and oxygen atoms in total. The summed E-state index contributed by atoms with van der Waals surface area (Å²) in [5, 5.41) is 4.87. The van der Waals surface area contributed by atoms with Crippen LogP contribution in [0.4, 0.5) is 10.1 Å². The molecule has 10 heteroatoms. The van der Waals surface area contributed by atoms with Crippen molar-refractivity contribution in [2.24, 2.45) is 5.14 Å². The maximum absolute atomic E-state index is 13.4. The SMILES string of the molecule is COCCS(=O)(=O)Nc1cc(S(N)(=O)=O)ccc1F. The molecule has 0 radical (unpaired) electrons. The minimum absolute atomic E-state index is 0.0775. The minimum Gasteiger partial charge on any atom is -0.384 e. The highest BCUT2D eigenvalue weighted by Crippen LogP contribution is 2.19. The Hall–Kier alpha value is -1.23. The molecule has 0 heterocycles. The molecule has 0 bridgehead atoms. The summed E-state index contributed by atoms with van der Waals surface area (Å²) < 4.78 is 65.2. The van der Waals surface area contributed by atoms with E-state index in [0.717, 1.165) is 18.2 Å². The van der Waals surface area contributed by atoms with E-state index in [4.69, 9.17) is 5.14 Å². The van der Waals surface area contributed by atoms with E-state index < -0.39 is 36.4 Å². The molecule has 1 aromatic carbocycles. The molecule has 0 aliphatic carbocycles. The van der Waals surface area contributed by atoms with Gasteiger partial charge in [-0.1, -0.05) is 0 Å². The molecule has 3 N–H and O–H groups in total. The Kier molecular flexibility index (Phi) is 4.85. The van der Waals surface area contributed by atoms with Crippen LogP contribution in [0, 0.1) is 5.82 Å². The number of benzene rings is 1. The van der Waals surface area contributed by atoms with Gasteiger partial charge in [0.15, 0.2) is 0 Å². The zero-order valence-electron chi connectivity index (χ0n) is 9.96. The molecule has 0 saturated heterocycles. The topological polar surface area (TPSA) is 116 Å². The van der Waals surface area contributed by atoms with Crippen LogP contribution in [0.15, 0.2) is 23.1 Å². The molecule has 0 fully saturated rings. The number of ether oxygens (including phenoxy) is 1. The van der Waals surface area contributed by atoms with Gasteiger partial charge in [0.2, 0.25) is 20.0 Å². The van der Waals surface area contributed by atoms with E-state index in [1.165, 1.54) is 7.11 Å². The van der Waals surface area contributed by atoms with E-state index in [9.17, 15) is 21.2 Å². The first-order valence-electron chi connectivity index (χ1n) is 4.97. The van der Waals surface area contributed by atoms with E-state index in [1.807, 2.05) is 4.72 Å². The van der Waals surface area contributed by atoms with Gasteiger partial charge in [-0.2, -0.15) is 0 Å². The molecule has 0 saturated carbocycles. The fourth-order valence-corrected chi connectivity index (χ4v) is 2.69. The van der Waals surface area contributed by atoms with E-state index in [0.29, 0.717) is 0 Å². The lowest BCUT2D eigenvalue weighted by molar-refractivity contribution is 0.217. The third-order valence-corrected chi connectivity index (χ3v) is 4.23. The van der Waals surface area contributed by atoms with Crippen LogP contribution in [-0.4, -0.2) is 36.3 Å². The highest BCUT2D eigenvalue weighted by Gasteiger charge is 2.16. The fourth-order valence-electron chi connectivity index (χ4n) is 1.17. The van der Waals surface area contributed by atoms with Crippen LogP contribution < -0.4 is 9.86 Å². The van der Waals surface area contributed by atoms with Crippen molar-refractivity contribution in [2.45, 2.75) is 4.90 Å². The number of primary sulfonamides is 1. The van der Waals surface area contributed by atoms with Crippen molar-refractivity contribution in [1.82, 2.24) is 0 Å². The van der Waals surface area contributed by atoms with Gasteiger partial charge in [-0.15, -0.1) is 0 Å². The van der Waals surface area contributed by atoms with Crippen molar-refractivity contribution in [3.8, 4) is 0 Å². The van der Waals surface area contributed by atoms with Gasteiger partial charge in [-0.3, -0.25) is 4.72 Å².